The van der Waals surface area contributed by atoms with Crippen molar-refractivity contribution in [3.05, 3.63) is 0 Å². The van der Waals surface area contributed by atoms with Crippen molar-refractivity contribution in [2.45, 2.75) is 59.1 Å². The highest BCUT2D eigenvalue weighted by molar-refractivity contribution is 5.96. The Balaban J connectivity index is 2.09. The summed E-state index contributed by atoms with van der Waals surface area (Å²) in [7, 11) is 0. The summed E-state index contributed by atoms with van der Waals surface area (Å²) in [5.41, 5.74) is -1.15. The van der Waals surface area contributed by atoms with Gasteiger partial charge in [0, 0.05) is 25.4 Å². The SMILES string of the molecule is CC1OCC(=O)C1(C)NC(=O)C(CC(=O)N1CCOCC1)CC(C)(C)C. The second-order valence-corrected chi connectivity index (χ2v) is 8.73. The number of Topliss-reactive ketones (excluding diaryl/α,β-unsaturated/α-hetero) is 1. The van der Waals surface area contributed by atoms with Crippen LogP contribution in [0.25, 0.3) is 0 Å². The van der Waals surface area contributed by atoms with Crippen LogP contribution in [0.1, 0.15) is 47.5 Å². The third-order valence-corrected chi connectivity index (χ3v) is 5.25. The van der Waals surface area contributed by atoms with Crippen LogP contribution in [-0.2, 0) is 23.9 Å². The van der Waals surface area contributed by atoms with Gasteiger partial charge < -0.3 is 19.7 Å². The van der Waals surface area contributed by atoms with E-state index >= 15 is 0 Å². The monoisotopic (exact) mass is 368 g/mol. The maximum atomic E-state index is 13.0. The van der Waals surface area contributed by atoms with Gasteiger partial charge in [0.1, 0.15) is 12.1 Å². The van der Waals surface area contributed by atoms with Crippen molar-refractivity contribution in [2.24, 2.45) is 11.3 Å². The van der Waals surface area contributed by atoms with Gasteiger partial charge in [0.15, 0.2) is 5.78 Å². The largest absolute Gasteiger partial charge is 0.378 e. The second kappa shape index (κ2) is 8.05. The molecule has 2 rings (SSSR count). The summed E-state index contributed by atoms with van der Waals surface area (Å²) >= 11 is 0. The summed E-state index contributed by atoms with van der Waals surface area (Å²) in [5, 5.41) is 2.88. The lowest BCUT2D eigenvalue weighted by atomic mass is 9.81. The molecule has 148 valence electrons. The molecule has 2 fully saturated rings. The van der Waals surface area contributed by atoms with Gasteiger partial charge in [0.05, 0.1) is 19.3 Å². The van der Waals surface area contributed by atoms with E-state index in [0.29, 0.717) is 32.7 Å². The zero-order valence-electron chi connectivity index (χ0n) is 16.6. The van der Waals surface area contributed by atoms with E-state index in [1.165, 1.54) is 0 Å². The van der Waals surface area contributed by atoms with Crippen molar-refractivity contribution in [1.82, 2.24) is 10.2 Å². The number of hydrogen-bond acceptors (Lipinski definition) is 5. The zero-order chi connectivity index (χ0) is 19.5. The van der Waals surface area contributed by atoms with Crippen molar-refractivity contribution in [3.63, 3.8) is 0 Å². The third kappa shape index (κ3) is 5.04. The van der Waals surface area contributed by atoms with Gasteiger partial charge in [-0.05, 0) is 25.7 Å². The molecule has 2 aliphatic heterocycles. The Morgan fingerprint density at radius 2 is 1.92 bits per heavy atom. The Morgan fingerprint density at radius 1 is 1.31 bits per heavy atom. The molecule has 0 saturated carbocycles. The Kier molecular flexibility index (Phi) is 6.45. The number of carbonyl (C=O) groups is 3. The summed E-state index contributed by atoms with van der Waals surface area (Å²) < 4.78 is 10.7. The van der Waals surface area contributed by atoms with E-state index in [2.05, 4.69) is 5.32 Å². The summed E-state index contributed by atoms with van der Waals surface area (Å²) in [6.07, 6.45) is 0.320. The zero-order valence-corrected chi connectivity index (χ0v) is 16.6. The lowest BCUT2D eigenvalue weighted by Crippen LogP contribution is -2.57. The molecule has 2 heterocycles. The van der Waals surface area contributed by atoms with Crippen molar-refractivity contribution >= 4 is 17.6 Å². The Hall–Kier alpha value is -1.47. The molecule has 26 heavy (non-hydrogen) atoms. The molecule has 3 atom stereocenters. The van der Waals surface area contributed by atoms with Crippen molar-refractivity contribution in [3.8, 4) is 0 Å². The summed E-state index contributed by atoms with van der Waals surface area (Å²) in [5.74, 6) is -0.908. The maximum Gasteiger partial charge on any atom is 0.224 e. The Morgan fingerprint density at radius 3 is 2.42 bits per heavy atom. The Bertz CT molecular complexity index is 551. The van der Waals surface area contributed by atoms with E-state index in [-0.39, 0.29) is 42.1 Å². The van der Waals surface area contributed by atoms with Crippen LogP contribution in [0, 0.1) is 11.3 Å². The minimum Gasteiger partial charge on any atom is -0.378 e. The van der Waals surface area contributed by atoms with Crippen LogP contribution < -0.4 is 5.32 Å². The van der Waals surface area contributed by atoms with E-state index in [9.17, 15) is 14.4 Å². The fourth-order valence-corrected chi connectivity index (χ4v) is 3.42. The predicted octanol–water partition coefficient (Wildman–Crippen LogP) is 1.15. The molecule has 7 heteroatoms. The predicted molar refractivity (Wildman–Crippen MR) is 96.5 cm³/mol. The quantitative estimate of drug-likeness (QED) is 0.787. The molecule has 0 spiro atoms. The molecule has 0 aromatic rings. The first kappa shape index (κ1) is 20.8. The van der Waals surface area contributed by atoms with E-state index in [0.717, 1.165) is 0 Å². The van der Waals surface area contributed by atoms with Gasteiger partial charge in [0.2, 0.25) is 11.8 Å². The van der Waals surface area contributed by atoms with Gasteiger partial charge in [0.25, 0.3) is 0 Å². The molecule has 0 bridgehead atoms. The van der Waals surface area contributed by atoms with Crippen LogP contribution in [0.4, 0.5) is 0 Å². The molecular weight excluding hydrogens is 336 g/mol. The molecule has 0 aromatic heterocycles. The first-order valence-corrected chi connectivity index (χ1v) is 9.35. The van der Waals surface area contributed by atoms with Gasteiger partial charge in [-0.25, -0.2) is 0 Å². The van der Waals surface area contributed by atoms with Crippen molar-refractivity contribution in [2.75, 3.05) is 32.9 Å². The van der Waals surface area contributed by atoms with Crippen LogP contribution in [0.3, 0.4) is 0 Å². The topological polar surface area (TPSA) is 84.9 Å². The average Bonchev–Trinajstić information content (AvgIpc) is 2.81. The third-order valence-electron chi connectivity index (χ3n) is 5.25. The lowest BCUT2D eigenvalue weighted by molar-refractivity contribution is -0.141. The standard InChI is InChI=1S/C19H32N2O5/c1-13-19(5,15(22)12-26-13)20-17(24)14(11-18(2,3)4)10-16(23)21-6-8-25-9-7-21/h13-14H,6-12H2,1-5H3,(H,20,24). The van der Waals surface area contributed by atoms with Crippen molar-refractivity contribution in [1.29, 1.82) is 0 Å². The molecular formula is C19H32N2O5. The highest BCUT2D eigenvalue weighted by atomic mass is 16.5. The highest BCUT2D eigenvalue weighted by Crippen LogP contribution is 2.29. The van der Waals surface area contributed by atoms with Crippen LogP contribution in [-0.4, -0.2) is 67.1 Å². The number of carbonyl (C=O) groups excluding carboxylic acids is 3. The van der Waals surface area contributed by atoms with Gasteiger partial charge >= 0.3 is 0 Å². The van der Waals surface area contributed by atoms with E-state index in [1.807, 2.05) is 20.8 Å². The van der Waals surface area contributed by atoms with Crippen LogP contribution in [0.5, 0.6) is 0 Å². The highest BCUT2D eigenvalue weighted by Gasteiger charge is 2.47. The maximum absolute atomic E-state index is 13.0. The molecule has 1 N–H and O–H groups in total. The molecule has 2 saturated heterocycles. The average molecular weight is 368 g/mol. The normalized spacial score (nSPS) is 28.1. The van der Waals surface area contributed by atoms with Crippen molar-refractivity contribution < 1.29 is 23.9 Å². The number of rotatable bonds is 5. The number of hydrogen-bond donors (Lipinski definition) is 1. The van der Waals surface area contributed by atoms with Gasteiger partial charge in [-0.2, -0.15) is 0 Å². The molecule has 0 aliphatic carbocycles. The van der Waals surface area contributed by atoms with Crippen LogP contribution in [0.15, 0.2) is 0 Å². The summed E-state index contributed by atoms with van der Waals surface area (Å²) in [4.78, 5) is 39.6. The second-order valence-electron chi connectivity index (χ2n) is 8.73. The first-order chi connectivity index (χ1) is 12.0. The molecule has 2 aliphatic rings. The minimum atomic E-state index is -1.03. The number of ether oxygens (including phenoxy) is 2. The number of nitrogens with zero attached hydrogens (tertiary/aromatic N) is 1. The fraction of sp³-hybridized carbons (Fsp3) is 0.842. The van der Waals surface area contributed by atoms with Crippen LogP contribution in [0.2, 0.25) is 0 Å². The summed E-state index contributed by atoms with van der Waals surface area (Å²) in [6.45, 7) is 11.8. The molecule has 3 unspecified atom stereocenters. The summed E-state index contributed by atoms with van der Waals surface area (Å²) in [6, 6.07) is 0. The number of morpholine rings is 1. The van der Waals surface area contributed by atoms with E-state index in [1.54, 1.807) is 18.7 Å². The van der Waals surface area contributed by atoms with Gasteiger partial charge in [-0.15, -0.1) is 0 Å². The minimum absolute atomic E-state index is 0.00852. The lowest BCUT2D eigenvalue weighted by Gasteiger charge is -2.33. The molecule has 0 aromatic carbocycles. The number of nitrogens with one attached hydrogen (secondary N) is 1. The Labute approximate surface area is 155 Å². The number of ketones is 1. The smallest absolute Gasteiger partial charge is 0.224 e. The van der Waals surface area contributed by atoms with E-state index in [4.69, 9.17) is 9.47 Å². The molecule has 7 nitrogen and oxygen atoms in total. The fourth-order valence-electron chi connectivity index (χ4n) is 3.42. The van der Waals surface area contributed by atoms with E-state index < -0.39 is 11.5 Å². The van der Waals surface area contributed by atoms with Gasteiger partial charge in [-0.1, -0.05) is 20.8 Å². The molecule has 2 amide bonds. The first-order valence-electron chi connectivity index (χ1n) is 9.35. The molecule has 0 radical (unpaired) electrons. The van der Waals surface area contributed by atoms with Crippen LogP contribution >= 0.6 is 0 Å². The number of amides is 2. The van der Waals surface area contributed by atoms with Gasteiger partial charge in [-0.3, -0.25) is 14.4 Å².